The Balaban J connectivity index is 1.69. The summed E-state index contributed by atoms with van der Waals surface area (Å²) in [4.78, 5) is 45.3. The molecule has 3 atom stereocenters. The van der Waals surface area contributed by atoms with Crippen molar-refractivity contribution < 1.29 is 32.3 Å². The van der Waals surface area contributed by atoms with Crippen molar-refractivity contribution in [2.24, 2.45) is 16.3 Å². The van der Waals surface area contributed by atoms with Crippen molar-refractivity contribution >= 4 is 46.5 Å². The lowest BCUT2D eigenvalue weighted by atomic mass is 9.67. The van der Waals surface area contributed by atoms with E-state index in [4.69, 9.17) is 33.7 Å². The van der Waals surface area contributed by atoms with Gasteiger partial charge in [0.1, 0.15) is 18.0 Å². The van der Waals surface area contributed by atoms with Gasteiger partial charge in [-0.25, -0.2) is 5.01 Å². The monoisotopic (exact) mass is 642 g/mol. The van der Waals surface area contributed by atoms with Crippen molar-refractivity contribution in [3.05, 3.63) is 63.9 Å². The second kappa shape index (κ2) is 12.9. The van der Waals surface area contributed by atoms with Crippen LogP contribution in [0.15, 0.2) is 47.7 Å². The number of hydrogen-bond donors (Lipinski definition) is 3. The topological polar surface area (TPSA) is 139 Å². The van der Waals surface area contributed by atoms with Gasteiger partial charge in [0.15, 0.2) is 5.78 Å². The second-order valence-corrected chi connectivity index (χ2v) is 11.9. The van der Waals surface area contributed by atoms with E-state index in [1.807, 2.05) is 0 Å². The third kappa shape index (κ3) is 7.52. The van der Waals surface area contributed by atoms with Gasteiger partial charge in [-0.05, 0) is 43.7 Å². The fraction of sp³-hybridized carbons (Fsp3) is 0.464. The molecule has 2 amide bonds. The predicted molar refractivity (Wildman–Crippen MR) is 153 cm³/mol. The maximum absolute atomic E-state index is 14.3. The smallest absolute Gasteiger partial charge is 0.374 e. The first kappa shape index (κ1) is 32.8. The third-order valence-electron chi connectivity index (χ3n) is 7.17. The van der Waals surface area contributed by atoms with E-state index in [-0.39, 0.29) is 38.3 Å². The van der Waals surface area contributed by atoms with Gasteiger partial charge in [-0.3, -0.25) is 19.4 Å². The highest BCUT2D eigenvalue weighted by Crippen LogP contribution is 2.41. The molecule has 1 aromatic heterocycles. The first-order chi connectivity index (χ1) is 20.1. The molecule has 1 fully saturated rings. The summed E-state index contributed by atoms with van der Waals surface area (Å²) in [5.74, 6) is -2.36. The van der Waals surface area contributed by atoms with Crippen LogP contribution in [0.4, 0.5) is 13.2 Å². The number of fused-ring (bicyclic) bond motifs is 1. The number of carbonyl (C=O) groups excluding carboxylic acids is 3. The summed E-state index contributed by atoms with van der Waals surface area (Å²) in [6.45, 7) is 1.01. The van der Waals surface area contributed by atoms with Crippen LogP contribution in [-0.2, 0) is 32.1 Å². The molecule has 0 unspecified atom stereocenters. The summed E-state index contributed by atoms with van der Waals surface area (Å²) in [5.41, 5.74) is 3.82. The number of Topliss-reactive ketones (excluding diaryl/α,β-unsaturated/α-hetero) is 1. The van der Waals surface area contributed by atoms with E-state index in [0.29, 0.717) is 26.3 Å². The molecule has 2 aromatic rings. The molecule has 0 radical (unpaired) electrons. The maximum atomic E-state index is 14.3. The molecular weight excluding hydrogens is 612 g/mol. The third-order valence-corrected chi connectivity index (χ3v) is 7.75. The Morgan fingerprint density at radius 3 is 2.63 bits per heavy atom. The summed E-state index contributed by atoms with van der Waals surface area (Å²) >= 11 is 12.2. The van der Waals surface area contributed by atoms with E-state index >= 15 is 0 Å². The number of alkyl halides is 3. The molecule has 3 heterocycles. The normalized spacial score (nSPS) is 21.3. The Labute approximate surface area is 256 Å². The van der Waals surface area contributed by atoms with Crippen LogP contribution >= 0.6 is 23.2 Å². The summed E-state index contributed by atoms with van der Waals surface area (Å²) in [6, 6.07) is 6.98. The number of amides is 2. The number of piperidine rings is 1. The highest BCUT2D eigenvalue weighted by atomic mass is 35.5. The largest absolute Gasteiger partial charge is 0.408 e. The minimum Gasteiger partial charge on any atom is -0.374 e. The molecule has 0 aliphatic carbocycles. The average Bonchev–Trinajstić information content (AvgIpc) is 3.18. The number of ether oxygens (including phenoxy) is 1. The summed E-state index contributed by atoms with van der Waals surface area (Å²) < 4.78 is 46.1. The summed E-state index contributed by atoms with van der Waals surface area (Å²) in [5, 5.41) is 10.8. The van der Waals surface area contributed by atoms with Crippen LogP contribution in [0.5, 0.6) is 0 Å². The van der Waals surface area contributed by atoms with Gasteiger partial charge in [-0.15, -0.1) is 0 Å². The Hall–Kier alpha value is -3.10. The molecule has 0 saturated carbocycles. The molecule has 232 valence electrons. The molecule has 10 nitrogen and oxygen atoms in total. The summed E-state index contributed by atoms with van der Waals surface area (Å²) in [7, 11) is 0. The first-order valence-corrected chi connectivity index (χ1v) is 14.1. The van der Waals surface area contributed by atoms with Crippen LogP contribution < -0.4 is 16.4 Å². The van der Waals surface area contributed by atoms with Crippen molar-refractivity contribution in [2.45, 2.75) is 57.1 Å². The van der Waals surface area contributed by atoms with Crippen LogP contribution in [0.2, 0.25) is 10.0 Å². The molecule has 2 aliphatic rings. The molecule has 1 aromatic carbocycles. The second-order valence-electron chi connectivity index (χ2n) is 11.0. The van der Waals surface area contributed by atoms with E-state index in [9.17, 15) is 27.6 Å². The number of halogens is 5. The van der Waals surface area contributed by atoms with Crippen molar-refractivity contribution in [1.82, 2.24) is 20.6 Å². The van der Waals surface area contributed by atoms with Crippen LogP contribution in [-0.4, -0.2) is 76.8 Å². The minimum atomic E-state index is -4.73. The van der Waals surface area contributed by atoms with Gasteiger partial charge < -0.3 is 21.1 Å². The molecule has 4 rings (SSSR count). The maximum Gasteiger partial charge on any atom is 0.408 e. The zero-order chi connectivity index (χ0) is 31.6. The number of nitrogens with zero attached hydrogens (tertiary/aromatic N) is 3. The number of rotatable bonds is 11. The Kier molecular flexibility index (Phi) is 9.82. The Morgan fingerprint density at radius 2 is 2.00 bits per heavy atom. The van der Waals surface area contributed by atoms with Crippen molar-refractivity contribution in [2.75, 3.05) is 19.7 Å². The van der Waals surface area contributed by atoms with E-state index in [1.54, 1.807) is 30.3 Å². The number of pyridine rings is 1. The van der Waals surface area contributed by atoms with Crippen LogP contribution in [0.3, 0.4) is 0 Å². The van der Waals surface area contributed by atoms with Crippen LogP contribution in [0.25, 0.3) is 0 Å². The standard InChI is InChI=1S/C28H31Cl2F3N6O4/c1-26(2,34)24(41)37-20(14-43-13-16-6-7-17(29)11-19(16)30)22(40)23-27(12-18-5-3-4-9-35-18)21(8-10-36-23)38-39(25(27)42)15-28(31,32)33/h3-7,9,11,20,23,36H,8,10,12-15,34H2,1-2H3,(H,37,41)/t20-,23-,27+/m1/s1. The summed E-state index contributed by atoms with van der Waals surface area (Å²) in [6.07, 6.45) is -3.33. The molecule has 4 N–H and O–H groups in total. The van der Waals surface area contributed by atoms with Crippen molar-refractivity contribution in [1.29, 1.82) is 0 Å². The van der Waals surface area contributed by atoms with E-state index in [1.165, 1.54) is 26.1 Å². The van der Waals surface area contributed by atoms with Gasteiger partial charge in [0, 0.05) is 41.3 Å². The fourth-order valence-electron chi connectivity index (χ4n) is 5.06. The Morgan fingerprint density at radius 1 is 1.26 bits per heavy atom. The quantitative estimate of drug-likeness (QED) is 0.342. The number of carbonyl (C=O) groups is 3. The molecule has 0 bridgehead atoms. The lowest BCUT2D eigenvalue weighted by Crippen LogP contribution is -2.67. The van der Waals surface area contributed by atoms with E-state index < -0.39 is 53.4 Å². The molecule has 2 aliphatic heterocycles. The van der Waals surface area contributed by atoms with Crippen LogP contribution in [0.1, 0.15) is 31.5 Å². The number of benzene rings is 1. The highest BCUT2D eigenvalue weighted by Gasteiger charge is 2.61. The van der Waals surface area contributed by atoms with E-state index in [0.717, 1.165) is 0 Å². The molecule has 43 heavy (non-hydrogen) atoms. The average molecular weight is 643 g/mol. The lowest BCUT2D eigenvalue weighted by molar-refractivity contribution is -0.164. The van der Waals surface area contributed by atoms with Gasteiger partial charge in [0.25, 0.3) is 5.91 Å². The number of hydrazone groups is 1. The van der Waals surface area contributed by atoms with Crippen LogP contribution in [0, 0.1) is 5.41 Å². The van der Waals surface area contributed by atoms with Gasteiger partial charge in [0.05, 0.1) is 30.5 Å². The van der Waals surface area contributed by atoms with Gasteiger partial charge in [0.2, 0.25) is 5.91 Å². The number of nitrogens with one attached hydrogen (secondary N) is 2. The van der Waals surface area contributed by atoms with Crippen molar-refractivity contribution in [3.8, 4) is 0 Å². The molecular formula is C28H31Cl2F3N6O4. The Bertz CT molecular complexity index is 1400. The molecule has 0 spiro atoms. The minimum absolute atomic E-state index is 0.0517. The van der Waals surface area contributed by atoms with Crippen molar-refractivity contribution in [3.63, 3.8) is 0 Å². The molecule has 1 saturated heterocycles. The number of ketones is 1. The van der Waals surface area contributed by atoms with Gasteiger partial charge in [-0.2, -0.15) is 18.3 Å². The SMILES string of the molecule is CC(C)(N)C(=O)N[C@H](COCc1ccc(Cl)cc1Cl)C(=O)[C@H]1NCCC2=NN(CC(F)(F)F)C(=O)[C@@]21Cc1ccccn1. The zero-order valence-electron chi connectivity index (χ0n) is 23.4. The zero-order valence-corrected chi connectivity index (χ0v) is 24.9. The lowest BCUT2D eigenvalue weighted by Gasteiger charge is -2.41. The molecule has 15 heteroatoms. The number of nitrogens with two attached hydrogens (primary N) is 1. The number of aromatic nitrogens is 1. The first-order valence-electron chi connectivity index (χ1n) is 13.4. The fourth-order valence-corrected chi connectivity index (χ4v) is 5.52. The van der Waals surface area contributed by atoms with E-state index in [2.05, 4.69) is 20.7 Å². The van der Waals surface area contributed by atoms with Gasteiger partial charge in [-0.1, -0.05) is 35.3 Å². The predicted octanol–water partition coefficient (Wildman–Crippen LogP) is 3.05. The number of hydrogen-bond acceptors (Lipinski definition) is 8. The van der Waals surface area contributed by atoms with Gasteiger partial charge >= 0.3 is 6.18 Å². The highest BCUT2D eigenvalue weighted by molar-refractivity contribution is 6.35.